The van der Waals surface area contributed by atoms with Gasteiger partial charge in [0.25, 0.3) is 0 Å². The van der Waals surface area contributed by atoms with Crippen LogP contribution in [0.2, 0.25) is 0 Å². The van der Waals surface area contributed by atoms with Crippen LogP contribution in [0.4, 0.5) is 5.82 Å². The van der Waals surface area contributed by atoms with Gasteiger partial charge >= 0.3 is 0 Å². The molecule has 1 fully saturated rings. The lowest BCUT2D eigenvalue weighted by atomic mass is 10.4. The number of anilines is 1. The van der Waals surface area contributed by atoms with E-state index in [0.29, 0.717) is 0 Å². The molecule has 1 aromatic rings. The van der Waals surface area contributed by atoms with Gasteiger partial charge in [0.2, 0.25) is 0 Å². The van der Waals surface area contributed by atoms with Crippen molar-refractivity contribution in [2.75, 3.05) is 29.5 Å². The Labute approximate surface area is 77.0 Å². The largest absolute Gasteiger partial charge is 0.355 e. The van der Waals surface area contributed by atoms with E-state index >= 15 is 0 Å². The van der Waals surface area contributed by atoms with Crippen molar-refractivity contribution in [1.29, 1.82) is 0 Å². The zero-order valence-corrected chi connectivity index (χ0v) is 7.76. The molecule has 64 valence electrons. The van der Waals surface area contributed by atoms with Crippen LogP contribution in [0.1, 0.15) is 0 Å². The number of hydrogen-bond acceptors (Lipinski definition) is 3. The van der Waals surface area contributed by atoms with Crippen LogP contribution in [0.5, 0.6) is 0 Å². The summed E-state index contributed by atoms with van der Waals surface area (Å²) in [5.74, 6) is 3.59. The molecule has 0 aliphatic carbocycles. The normalized spacial score (nSPS) is 17.8. The van der Waals surface area contributed by atoms with E-state index in [9.17, 15) is 0 Å². The van der Waals surface area contributed by atoms with Crippen molar-refractivity contribution in [3.63, 3.8) is 0 Å². The first-order chi connectivity index (χ1) is 5.97. The molecule has 1 aliphatic heterocycles. The average molecular weight is 180 g/mol. The van der Waals surface area contributed by atoms with Gasteiger partial charge in [-0.15, -0.1) is 0 Å². The van der Waals surface area contributed by atoms with Crippen molar-refractivity contribution in [2.24, 2.45) is 0 Å². The predicted molar refractivity (Wildman–Crippen MR) is 53.8 cm³/mol. The lowest BCUT2D eigenvalue weighted by molar-refractivity contribution is 0.839. The minimum Gasteiger partial charge on any atom is -0.355 e. The lowest BCUT2D eigenvalue weighted by Crippen LogP contribution is -2.32. The van der Waals surface area contributed by atoms with Crippen LogP contribution in [-0.4, -0.2) is 29.6 Å². The Morgan fingerprint density at radius 3 is 2.75 bits per heavy atom. The second kappa shape index (κ2) is 3.81. The van der Waals surface area contributed by atoms with Gasteiger partial charge in [0.15, 0.2) is 0 Å². The number of aromatic nitrogens is 1. The zero-order valence-electron chi connectivity index (χ0n) is 6.94. The number of hydrogen-bond donors (Lipinski definition) is 0. The monoisotopic (exact) mass is 180 g/mol. The zero-order chi connectivity index (χ0) is 8.23. The summed E-state index contributed by atoms with van der Waals surface area (Å²) in [5.41, 5.74) is 0. The summed E-state index contributed by atoms with van der Waals surface area (Å²) in [5, 5.41) is 0. The van der Waals surface area contributed by atoms with Crippen molar-refractivity contribution >= 4 is 17.6 Å². The first kappa shape index (κ1) is 7.92. The van der Waals surface area contributed by atoms with Crippen LogP contribution in [0.3, 0.4) is 0 Å². The van der Waals surface area contributed by atoms with Gasteiger partial charge in [-0.25, -0.2) is 4.98 Å². The molecular formula is C9H12N2S. The van der Waals surface area contributed by atoms with Crippen LogP contribution in [0, 0.1) is 0 Å². The van der Waals surface area contributed by atoms with Gasteiger partial charge in [-0.2, -0.15) is 11.8 Å². The third-order valence-corrected chi connectivity index (χ3v) is 2.93. The van der Waals surface area contributed by atoms with Crippen molar-refractivity contribution in [3.8, 4) is 0 Å². The lowest BCUT2D eigenvalue weighted by Gasteiger charge is -2.27. The summed E-state index contributed by atoms with van der Waals surface area (Å²) in [7, 11) is 0. The minimum absolute atomic E-state index is 1.12. The molecule has 0 unspecified atom stereocenters. The van der Waals surface area contributed by atoms with Crippen molar-refractivity contribution in [3.05, 3.63) is 24.4 Å². The second-order valence-corrected chi connectivity index (χ2v) is 4.01. The van der Waals surface area contributed by atoms with E-state index < -0.39 is 0 Å². The fourth-order valence-corrected chi connectivity index (χ4v) is 2.24. The molecule has 3 heteroatoms. The van der Waals surface area contributed by atoms with Crippen molar-refractivity contribution in [2.45, 2.75) is 0 Å². The van der Waals surface area contributed by atoms with E-state index in [4.69, 9.17) is 0 Å². The molecule has 1 saturated heterocycles. The molecule has 1 aromatic heterocycles. The van der Waals surface area contributed by atoms with Crippen LogP contribution >= 0.6 is 11.8 Å². The number of rotatable bonds is 1. The first-order valence-electron chi connectivity index (χ1n) is 4.20. The quantitative estimate of drug-likeness (QED) is 0.653. The molecule has 0 bridgehead atoms. The number of pyridine rings is 1. The summed E-state index contributed by atoms with van der Waals surface area (Å²) in [6.07, 6.45) is 1.86. The molecule has 2 rings (SSSR count). The van der Waals surface area contributed by atoms with Gasteiger partial charge in [-0.1, -0.05) is 6.07 Å². The first-order valence-corrected chi connectivity index (χ1v) is 5.36. The highest BCUT2D eigenvalue weighted by Gasteiger charge is 2.10. The van der Waals surface area contributed by atoms with Gasteiger partial charge in [-0.3, -0.25) is 0 Å². The maximum absolute atomic E-state index is 4.32. The highest BCUT2D eigenvalue weighted by Crippen LogP contribution is 2.15. The van der Waals surface area contributed by atoms with E-state index in [0.717, 1.165) is 18.9 Å². The van der Waals surface area contributed by atoms with E-state index in [1.807, 2.05) is 30.1 Å². The molecule has 0 aromatic carbocycles. The average Bonchev–Trinajstić information content (AvgIpc) is 2.21. The standard InChI is InChI=1S/C9H12N2S/c1-2-4-10-9(3-1)11-5-7-12-8-6-11/h1-4H,5-8H2. The van der Waals surface area contributed by atoms with Crippen molar-refractivity contribution in [1.82, 2.24) is 4.98 Å². The van der Waals surface area contributed by atoms with Gasteiger partial charge in [0.05, 0.1) is 0 Å². The smallest absolute Gasteiger partial charge is 0.128 e. The van der Waals surface area contributed by atoms with E-state index in [1.54, 1.807) is 0 Å². The molecule has 2 nitrogen and oxygen atoms in total. The van der Waals surface area contributed by atoms with Gasteiger partial charge in [0.1, 0.15) is 5.82 Å². The Kier molecular flexibility index (Phi) is 2.51. The molecule has 2 heterocycles. The van der Waals surface area contributed by atoms with Crippen LogP contribution in [0.15, 0.2) is 24.4 Å². The minimum atomic E-state index is 1.12. The van der Waals surface area contributed by atoms with E-state index in [-0.39, 0.29) is 0 Å². The summed E-state index contributed by atoms with van der Waals surface area (Å²) >= 11 is 2.02. The van der Waals surface area contributed by atoms with Gasteiger partial charge < -0.3 is 4.90 Å². The van der Waals surface area contributed by atoms with Gasteiger partial charge in [0, 0.05) is 30.8 Å². The van der Waals surface area contributed by atoms with E-state index in [2.05, 4.69) is 16.0 Å². The Balaban J connectivity index is 2.08. The summed E-state index contributed by atoms with van der Waals surface area (Å²) < 4.78 is 0. The number of nitrogens with zero attached hydrogens (tertiary/aromatic N) is 2. The Morgan fingerprint density at radius 2 is 2.08 bits per heavy atom. The molecule has 0 saturated carbocycles. The fourth-order valence-electron chi connectivity index (χ4n) is 1.33. The topological polar surface area (TPSA) is 16.1 Å². The van der Waals surface area contributed by atoms with E-state index in [1.165, 1.54) is 11.5 Å². The molecule has 0 atom stereocenters. The molecule has 0 radical (unpaired) electrons. The molecule has 0 amide bonds. The molecule has 1 aliphatic rings. The third-order valence-electron chi connectivity index (χ3n) is 1.98. The molecule has 0 spiro atoms. The van der Waals surface area contributed by atoms with Gasteiger partial charge in [-0.05, 0) is 12.1 Å². The maximum atomic E-state index is 4.32. The second-order valence-electron chi connectivity index (χ2n) is 2.79. The maximum Gasteiger partial charge on any atom is 0.128 e. The third kappa shape index (κ3) is 1.72. The number of thioether (sulfide) groups is 1. The van der Waals surface area contributed by atoms with Crippen LogP contribution in [-0.2, 0) is 0 Å². The van der Waals surface area contributed by atoms with Crippen LogP contribution in [0.25, 0.3) is 0 Å². The molecule has 12 heavy (non-hydrogen) atoms. The molecular weight excluding hydrogens is 168 g/mol. The Hall–Kier alpha value is -0.700. The Bertz CT molecular complexity index is 232. The van der Waals surface area contributed by atoms with Crippen LogP contribution < -0.4 is 4.90 Å². The predicted octanol–water partition coefficient (Wildman–Crippen LogP) is 1.63. The molecule has 0 N–H and O–H groups in total. The highest BCUT2D eigenvalue weighted by molar-refractivity contribution is 7.99. The SMILES string of the molecule is c1ccc(N2CCSCC2)nc1. The fraction of sp³-hybridized carbons (Fsp3) is 0.444. The summed E-state index contributed by atoms with van der Waals surface area (Å²) in [6.45, 7) is 2.28. The summed E-state index contributed by atoms with van der Waals surface area (Å²) in [6, 6.07) is 6.09. The summed E-state index contributed by atoms with van der Waals surface area (Å²) in [4.78, 5) is 6.66. The Morgan fingerprint density at radius 1 is 1.25 bits per heavy atom. The van der Waals surface area contributed by atoms with Crippen molar-refractivity contribution < 1.29 is 0 Å². The highest BCUT2D eigenvalue weighted by atomic mass is 32.2.